The largest absolute Gasteiger partial charge is 0.314 e. The third kappa shape index (κ3) is 8.17. The standard InChI is InChI=1S/C13H30N2O2S2/c1-6-13(7-2,18-5)11-15-19(16,17)10-8-9-14-12(3)4/h12,14-15H,6-11H2,1-5H3. The third-order valence-electron chi connectivity index (χ3n) is 3.48. The SMILES string of the molecule is CCC(CC)(CNS(=O)(=O)CCCNC(C)C)SC. The van der Waals surface area contributed by atoms with E-state index in [0.29, 0.717) is 19.0 Å². The minimum absolute atomic E-state index is 0.0310. The van der Waals surface area contributed by atoms with Gasteiger partial charge in [-0.25, -0.2) is 13.1 Å². The Morgan fingerprint density at radius 2 is 1.79 bits per heavy atom. The van der Waals surface area contributed by atoms with Gasteiger partial charge in [0.1, 0.15) is 0 Å². The summed E-state index contributed by atoms with van der Waals surface area (Å²) in [6.07, 6.45) is 4.65. The van der Waals surface area contributed by atoms with Crippen molar-refractivity contribution < 1.29 is 8.42 Å². The van der Waals surface area contributed by atoms with E-state index in [2.05, 4.69) is 37.7 Å². The lowest BCUT2D eigenvalue weighted by atomic mass is 10.0. The molecule has 0 heterocycles. The van der Waals surface area contributed by atoms with Crippen LogP contribution < -0.4 is 10.0 Å². The summed E-state index contributed by atoms with van der Waals surface area (Å²) in [5.74, 6) is 0.199. The van der Waals surface area contributed by atoms with E-state index in [0.717, 1.165) is 19.4 Å². The van der Waals surface area contributed by atoms with E-state index in [4.69, 9.17) is 0 Å². The fourth-order valence-electron chi connectivity index (χ4n) is 1.83. The summed E-state index contributed by atoms with van der Waals surface area (Å²) in [4.78, 5) is 0. The molecule has 0 radical (unpaired) electrons. The van der Waals surface area contributed by atoms with Crippen molar-refractivity contribution in [1.82, 2.24) is 10.0 Å². The Morgan fingerprint density at radius 1 is 1.21 bits per heavy atom. The summed E-state index contributed by atoms with van der Waals surface area (Å²) in [6, 6.07) is 0.403. The van der Waals surface area contributed by atoms with Crippen LogP contribution in [0.1, 0.15) is 47.0 Å². The number of rotatable bonds is 11. The minimum atomic E-state index is -3.15. The lowest BCUT2D eigenvalue weighted by Gasteiger charge is -2.29. The maximum absolute atomic E-state index is 11.9. The first-order valence-corrected chi connectivity index (χ1v) is 9.94. The third-order valence-corrected chi connectivity index (χ3v) is 6.48. The topological polar surface area (TPSA) is 58.2 Å². The molecule has 0 aromatic rings. The first-order valence-electron chi connectivity index (χ1n) is 7.06. The lowest BCUT2D eigenvalue weighted by molar-refractivity contribution is 0.519. The molecule has 0 unspecified atom stereocenters. The molecular formula is C13H30N2O2S2. The van der Waals surface area contributed by atoms with Gasteiger partial charge in [0.2, 0.25) is 10.0 Å². The lowest BCUT2D eigenvalue weighted by Crippen LogP contribution is -2.40. The van der Waals surface area contributed by atoms with Crippen molar-refractivity contribution in [1.29, 1.82) is 0 Å². The molecule has 2 N–H and O–H groups in total. The molecular weight excluding hydrogens is 280 g/mol. The smallest absolute Gasteiger partial charge is 0.211 e. The van der Waals surface area contributed by atoms with Crippen molar-refractivity contribution in [2.75, 3.05) is 25.1 Å². The number of hydrogen-bond donors (Lipinski definition) is 2. The predicted molar refractivity (Wildman–Crippen MR) is 86.4 cm³/mol. The zero-order valence-corrected chi connectivity index (χ0v) is 14.6. The Kier molecular flexibility index (Phi) is 9.32. The minimum Gasteiger partial charge on any atom is -0.314 e. The molecule has 0 amide bonds. The van der Waals surface area contributed by atoms with Crippen molar-refractivity contribution in [3.8, 4) is 0 Å². The highest BCUT2D eigenvalue weighted by Gasteiger charge is 2.26. The van der Waals surface area contributed by atoms with Crippen LogP contribution in [0.2, 0.25) is 0 Å². The van der Waals surface area contributed by atoms with Crippen LogP contribution in [0.5, 0.6) is 0 Å². The fourth-order valence-corrected chi connectivity index (χ4v) is 3.88. The van der Waals surface area contributed by atoms with E-state index in [1.54, 1.807) is 11.8 Å². The van der Waals surface area contributed by atoms with Gasteiger partial charge >= 0.3 is 0 Å². The summed E-state index contributed by atoms with van der Waals surface area (Å²) in [5, 5.41) is 3.23. The monoisotopic (exact) mass is 310 g/mol. The molecule has 0 aliphatic rings. The van der Waals surface area contributed by atoms with Crippen LogP contribution in [0, 0.1) is 0 Å². The van der Waals surface area contributed by atoms with Crippen molar-refractivity contribution in [3.63, 3.8) is 0 Å². The van der Waals surface area contributed by atoms with Gasteiger partial charge in [0.05, 0.1) is 5.75 Å². The molecule has 19 heavy (non-hydrogen) atoms. The van der Waals surface area contributed by atoms with Gasteiger partial charge < -0.3 is 5.32 Å². The van der Waals surface area contributed by atoms with Crippen LogP contribution in [0.4, 0.5) is 0 Å². The molecule has 6 heteroatoms. The Balaban J connectivity index is 4.15. The maximum Gasteiger partial charge on any atom is 0.211 e. The van der Waals surface area contributed by atoms with Gasteiger partial charge in [-0.3, -0.25) is 0 Å². The number of nitrogens with one attached hydrogen (secondary N) is 2. The van der Waals surface area contributed by atoms with Gasteiger partial charge in [0, 0.05) is 17.3 Å². The second-order valence-electron chi connectivity index (χ2n) is 5.20. The molecule has 0 saturated carbocycles. The molecule has 116 valence electrons. The van der Waals surface area contributed by atoms with Gasteiger partial charge in [-0.2, -0.15) is 11.8 Å². The maximum atomic E-state index is 11.9. The number of thioether (sulfide) groups is 1. The quantitative estimate of drug-likeness (QED) is 0.575. The molecule has 0 fully saturated rings. The Morgan fingerprint density at radius 3 is 2.21 bits per heavy atom. The van der Waals surface area contributed by atoms with Gasteiger partial charge in [0.15, 0.2) is 0 Å². The number of hydrogen-bond acceptors (Lipinski definition) is 4. The van der Waals surface area contributed by atoms with Crippen molar-refractivity contribution in [2.45, 2.75) is 57.7 Å². The zero-order chi connectivity index (χ0) is 14.9. The second-order valence-corrected chi connectivity index (χ2v) is 8.40. The van der Waals surface area contributed by atoms with Crippen LogP contribution in [-0.2, 0) is 10.0 Å². The molecule has 0 atom stereocenters. The fraction of sp³-hybridized carbons (Fsp3) is 1.00. The Labute approximate surface area is 123 Å². The van der Waals surface area contributed by atoms with E-state index in [-0.39, 0.29) is 10.5 Å². The van der Waals surface area contributed by atoms with E-state index in [1.807, 2.05) is 6.26 Å². The molecule has 4 nitrogen and oxygen atoms in total. The van der Waals surface area contributed by atoms with E-state index < -0.39 is 10.0 Å². The normalized spacial score (nSPS) is 13.2. The summed E-state index contributed by atoms with van der Waals surface area (Å²) < 4.78 is 26.6. The van der Waals surface area contributed by atoms with Gasteiger partial charge in [-0.05, 0) is 32.1 Å². The van der Waals surface area contributed by atoms with Crippen LogP contribution >= 0.6 is 11.8 Å². The first-order chi connectivity index (χ1) is 8.81. The van der Waals surface area contributed by atoms with E-state index >= 15 is 0 Å². The molecule has 0 rings (SSSR count). The molecule has 0 aliphatic heterocycles. The van der Waals surface area contributed by atoms with Crippen molar-refractivity contribution in [2.24, 2.45) is 0 Å². The van der Waals surface area contributed by atoms with Gasteiger partial charge in [0.25, 0.3) is 0 Å². The van der Waals surface area contributed by atoms with Crippen LogP contribution in [0.25, 0.3) is 0 Å². The van der Waals surface area contributed by atoms with Crippen molar-refractivity contribution >= 4 is 21.8 Å². The Bertz CT molecular complexity index is 317. The van der Waals surface area contributed by atoms with Crippen LogP contribution in [0.3, 0.4) is 0 Å². The molecule has 0 aromatic carbocycles. The average molecular weight is 311 g/mol. The van der Waals surface area contributed by atoms with E-state index in [9.17, 15) is 8.42 Å². The second kappa shape index (κ2) is 9.21. The number of sulfonamides is 1. The molecule has 0 aromatic heterocycles. The highest BCUT2D eigenvalue weighted by Crippen LogP contribution is 2.29. The molecule has 0 saturated heterocycles. The average Bonchev–Trinajstić information content (AvgIpc) is 2.37. The zero-order valence-electron chi connectivity index (χ0n) is 13.0. The van der Waals surface area contributed by atoms with Crippen LogP contribution in [0.15, 0.2) is 0 Å². The van der Waals surface area contributed by atoms with E-state index in [1.165, 1.54) is 0 Å². The summed E-state index contributed by atoms with van der Waals surface area (Å²) in [5.41, 5.74) is 0. The Hall–Kier alpha value is 0.220. The highest BCUT2D eigenvalue weighted by atomic mass is 32.2. The summed E-state index contributed by atoms with van der Waals surface area (Å²) in [6.45, 7) is 9.61. The summed E-state index contributed by atoms with van der Waals surface area (Å²) >= 11 is 1.75. The summed E-state index contributed by atoms with van der Waals surface area (Å²) in [7, 11) is -3.15. The van der Waals surface area contributed by atoms with Gasteiger partial charge in [-0.15, -0.1) is 0 Å². The van der Waals surface area contributed by atoms with Crippen LogP contribution in [-0.4, -0.2) is 44.3 Å². The first kappa shape index (κ1) is 19.2. The van der Waals surface area contributed by atoms with Gasteiger partial charge in [-0.1, -0.05) is 27.7 Å². The highest BCUT2D eigenvalue weighted by molar-refractivity contribution is 8.00. The predicted octanol–water partition coefficient (Wildman–Crippen LogP) is 2.22. The molecule has 0 bridgehead atoms. The molecule has 0 spiro atoms. The molecule has 0 aliphatic carbocycles. The van der Waals surface area contributed by atoms with Crippen molar-refractivity contribution in [3.05, 3.63) is 0 Å².